The summed E-state index contributed by atoms with van der Waals surface area (Å²) in [7, 11) is 0. The minimum atomic E-state index is -0.198. The fourth-order valence-corrected chi connectivity index (χ4v) is 2.21. The number of hydrazone groups is 1. The molecule has 0 heterocycles. The number of hydrogen-bond donors (Lipinski definition) is 1. The van der Waals surface area contributed by atoms with E-state index in [4.69, 9.17) is 0 Å². The summed E-state index contributed by atoms with van der Waals surface area (Å²) in [5.74, 6) is -0.198. The van der Waals surface area contributed by atoms with Crippen molar-refractivity contribution in [1.29, 1.82) is 0 Å². The van der Waals surface area contributed by atoms with E-state index in [-0.39, 0.29) is 5.91 Å². The molecule has 0 unspecified atom stereocenters. The third-order valence-electron chi connectivity index (χ3n) is 3.21. The number of nitrogens with one attached hydrogen (secondary N) is 1. The lowest BCUT2D eigenvalue weighted by Crippen LogP contribution is -2.19. The Labute approximate surface area is 138 Å². The Morgan fingerprint density at radius 2 is 1.62 bits per heavy atom. The third-order valence-corrected chi connectivity index (χ3v) is 3.93. The molecule has 1 amide bonds. The first-order valence-electron chi connectivity index (χ1n) is 6.79. The molecule has 0 aliphatic rings. The quantitative estimate of drug-likeness (QED) is 0.477. The zero-order valence-electron chi connectivity index (χ0n) is 12.1. The molecule has 108 valence electrons. The maximum absolute atomic E-state index is 12.0. The molecule has 0 aliphatic heterocycles. The molecule has 3 nitrogen and oxygen atoms in total. The highest BCUT2D eigenvalue weighted by Crippen LogP contribution is 2.08. The molecular formula is C17H17IN2O. The van der Waals surface area contributed by atoms with Gasteiger partial charge in [-0.15, -0.1) is 0 Å². The van der Waals surface area contributed by atoms with Crippen LogP contribution < -0.4 is 5.43 Å². The van der Waals surface area contributed by atoms with Crippen molar-refractivity contribution in [1.82, 2.24) is 5.43 Å². The van der Waals surface area contributed by atoms with Gasteiger partial charge in [-0.3, -0.25) is 4.79 Å². The van der Waals surface area contributed by atoms with Crippen molar-refractivity contribution in [3.05, 3.63) is 68.8 Å². The summed E-state index contributed by atoms with van der Waals surface area (Å²) >= 11 is 2.21. The van der Waals surface area contributed by atoms with Gasteiger partial charge >= 0.3 is 0 Å². The van der Waals surface area contributed by atoms with Gasteiger partial charge in [0, 0.05) is 9.13 Å². The van der Waals surface area contributed by atoms with Crippen LogP contribution in [0.4, 0.5) is 0 Å². The minimum absolute atomic E-state index is 0.198. The van der Waals surface area contributed by atoms with Crippen molar-refractivity contribution in [2.24, 2.45) is 5.10 Å². The first-order chi connectivity index (χ1) is 10.1. The van der Waals surface area contributed by atoms with E-state index in [1.54, 1.807) is 12.1 Å². The predicted molar refractivity (Wildman–Crippen MR) is 94.7 cm³/mol. The first kappa shape index (κ1) is 15.7. The monoisotopic (exact) mass is 392 g/mol. The molecule has 0 fully saturated rings. The molecule has 21 heavy (non-hydrogen) atoms. The second-order valence-corrected chi connectivity index (χ2v) is 5.94. The van der Waals surface area contributed by atoms with Gasteiger partial charge in [-0.25, -0.2) is 5.43 Å². The van der Waals surface area contributed by atoms with Crippen LogP contribution in [-0.4, -0.2) is 11.6 Å². The topological polar surface area (TPSA) is 41.5 Å². The van der Waals surface area contributed by atoms with Gasteiger partial charge in [0.2, 0.25) is 0 Å². The molecule has 2 aromatic carbocycles. The Morgan fingerprint density at radius 1 is 1.05 bits per heavy atom. The molecule has 0 bridgehead atoms. The van der Waals surface area contributed by atoms with Crippen LogP contribution in [0.3, 0.4) is 0 Å². The van der Waals surface area contributed by atoms with Crippen LogP contribution in [0.15, 0.2) is 53.6 Å². The second kappa shape index (κ2) is 7.36. The highest BCUT2D eigenvalue weighted by molar-refractivity contribution is 14.1. The number of aryl methyl sites for hydroxylation is 1. The van der Waals surface area contributed by atoms with Gasteiger partial charge in [-0.1, -0.05) is 31.2 Å². The lowest BCUT2D eigenvalue weighted by Gasteiger charge is -2.04. The molecule has 0 saturated heterocycles. The number of halogens is 1. The van der Waals surface area contributed by atoms with Crippen LogP contribution >= 0.6 is 22.6 Å². The van der Waals surface area contributed by atoms with Crippen molar-refractivity contribution in [2.75, 3.05) is 0 Å². The molecule has 2 aromatic rings. The van der Waals surface area contributed by atoms with Crippen molar-refractivity contribution in [3.8, 4) is 0 Å². The van der Waals surface area contributed by atoms with E-state index in [1.807, 2.05) is 31.2 Å². The van der Waals surface area contributed by atoms with Crippen LogP contribution in [0.2, 0.25) is 0 Å². The van der Waals surface area contributed by atoms with Gasteiger partial charge in [0.1, 0.15) is 0 Å². The standard InChI is InChI=1S/C17H17IN2O/c1-3-13-4-6-14(7-5-13)12(2)19-20-17(21)15-8-10-16(18)11-9-15/h4-11H,3H2,1-2H3,(H,20,21)/b19-12-. The average Bonchev–Trinajstić information content (AvgIpc) is 2.53. The fraction of sp³-hybridized carbons (Fsp3) is 0.176. The SMILES string of the molecule is CCc1ccc(/C(C)=N\NC(=O)c2ccc(I)cc2)cc1. The maximum atomic E-state index is 12.0. The molecular weight excluding hydrogens is 375 g/mol. The smallest absolute Gasteiger partial charge is 0.267 e. The molecule has 0 radical (unpaired) electrons. The van der Waals surface area contributed by atoms with Gasteiger partial charge in [0.25, 0.3) is 5.91 Å². The highest BCUT2D eigenvalue weighted by Gasteiger charge is 2.04. The van der Waals surface area contributed by atoms with Crippen molar-refractivity contribution >= 4 is 34.2 Å². The molecule has 1 N–H and O–H groups in total. The van der Waals surface area contributed by atoms with Crippen LogP contribution in [-0.2, 0) is 6.42 Å². The molecule has 0 atom stereocenters. The van der Waals surface area contributed by atoms with Gasteiger partial charge in [0.05, 0.1) is 5.71 Å². The maximum Gasteiger partial charge on any atom is 0.271 e. The van der Waals surface area contributed by atoms with Crippen LogP contribution in [0, 0.1) is 3.57 Å². The Hall–Kier alpha value is -1.69. The second-order valence-electron chi connectivity index (χ2n) is 4.70. The number of carbonyl (C=O) groups is 1. The van der Waals surface area contributed by atoms with Crippen molar-refractivity contribution in [3.63, 3.8) is 0 Å². The first-order valence-corrected chi connectivity index (χ1v) is 7.87. The van der Waals surface area contributed by atoms with E-state index in [2.05, 4.69) is 52.2 Å². The lowest BCUT2D eigenvalue weighted by molar-refractivity contribution is 0.0955. The zero-order chi connectivity index (χ0) is 15.2. The lowest BCUT2D eigenvalue weighted by atomic mass is 10.1. The van der Waals surface area contributed by atoms with E-state index >= 15 is 0 Å². The summed E-state index contributed by atoms with van der Waals surface area (Å²) in [6, 6.07) is 15.6. The van der Waals surface area contributed by atoms with Gasteiger partial charge in [0.15, 0.2) is 0 Å². The average molecular weight is 392 g/mol. The molecule has 2 rings (SSSR count). The summed E-state index contributed by atoms with van der Waals surface area (Å²) in [6.45, 7) is 4.01. The van der Waals surface area contributed by atoms with Gasteiger partial charge < -0.3 is 0 Å². The number of carbonyl (C=O) groups excluding carboxylic acids is 1. The number of nitrogens with zero attached hydrogens (tertiary/aromatic N) is 1. The summed E-state index contributed by atoms with van der Waals surface area (Å²) in [6.07, 6.45) is 1.01. The summed E-state index contributed by atoms with van der Waals surface area (Å²) < 4.78 is 1.10. The van der Waals surface area contributed by atoms with Gasteiger partial charge in [-0.2, -0.15) is 5.10 Å². The Bertz CT molecular complexity index is 645. The third kappa shape index (κ3) is 4.39. The van der Waals surface area contributed by atoms with Crippen molar-refractivity contribution < 1.29 is 4.79 Å². The number of hydrogen-bond acceptors (Lipinski definition) is 2. The van der Waals surface area contributed by atoms with Crippen LogP contribution in [0.5, 0.6) is 0 Å². The summed E-state index contributed by atoms with van der Waals surface area (Å²) in [5, 5.41) is 4.16. The van der Waals surface area contributed by atoms with Crippen LogP contribution in [0.1, 0.15) is 35.3 Å². The molecule has 0 aliphatic carbocycles. The molecule has 4 heteroatoms. The van der Waals surface area contributed by atoms with Crippen molar-refractivity contribution in [2.45, 2.75) is 20.3 Å². The Balaban J connectivity index is 2.05. The molecule has 0 saturated carbocycles. The predicted octanol–water partition coefficient (Wildman–Crippen LogP) is 4.01. The summed E-state index contributed by atoms with van der Waals surface area (Å²) in [5.41, 5.74) is 6.28. The number of rotatable bonds is 4. The molecule has 0 aromatic heterocycles. The van der Waals surface area contributed by atoms with E-state index in [1.165, 1.54) is 5.56 Å². The van der Waals surface area contributed by atoms with E-state index in [0.29, 0.717) is 5.56 Å². The Kier molecular flexibility index (Phi) is 5.50. The molecule has 0 spiro atoms. The minimum Gasteiger partial charge on any atom is -0.267 e. The zero-order valence-corrected chi connectivity index (χ0v) is 14.2. The summed E-state index contributed by atoms with van der Waals surface area (Å²) in [4.78, 5) is 12.0. The number of benzene rings is 2. The van der Waals surface area contributed by atoms with Crippen LogP contribution in [0.25, 0.3) is 0 Å². The number of amides is 1. The highest BCUT2D eigenvalue weighted by atomic mass is 127. The Morgan fingerprint density at radius 3 is 2.19 bits per heavy atom. The largest absolute Gasteiger partial charge is 0.271 e. The van der Waals surface area contributed by atoms with Gasteiger partial charge in [-0.05, 0) is 71.3 Å². The van der Waals surface area contributed by atoms with E-state index < -0.39 is 0 Å². The fourth-order valence-electron chi connectivity index (χ4n) is 1.85. The van der Waals surface area contributed by atoms with E-state index in [0.717, 1.165) is 21.3 Å². The van der Waals surface area contributed by atoms with E-state index in [9.17, 15) is 4.79 Å². The normalized spacial score (nSPS) is 11.3.